The second kappa shape index (κ2) is 5.21. The van der Waals surface area contributed by atoms with Crippen LogP contribution >= 0.6 is 11.3 Å². The van der Waals surface area contributed by atoms with Crippen molar-refractivity contribution in [2.24, 2.45) is 0 Å². The minimum Gasteiger partial charge on any atom is -0.375 e. The molecule has 3 nitrogen and oxygen atoms in total. The number of thiazole rings is 1. The molecule has 0 spiro atoms. The van der Waals surface area contributed by atoms with Crippen molar-refractivity contribution in [1.29, 1.82) is 0 Å². The van der Waals surface area contributed by atoms with Gasteiger partial charge in [-0.25, -0.2) is 13.8 Å². The Balaban J connectivity index is 2.08. The predicted molar refractivity (Wildman–Crippen MR) is 78.9 cm³/mol. The summed E-state index contributed by atoms with van der Waals surface area (Å²) < 4.78 is 25.8. The maximum absolute atomic E-state index is 12.9. The number of aromatic nitrogens is 1. The first-order chi connectivity index (χ1) is 10.1. The molecule has 0 unspecified atom stereocenters. The molecule has 0 aliphatic carbocycles. The van der Waals surface area contributed by atoms with Crippen LogP contribution in [0.2, 0.25) is 0 Å². The lowest BCUT2D eigenvalue weighted by Crippen LogP contribution is -2.03. The van der Waals surface area contributed by atoms with Crippen molar-refractivity contribution in [2.75, 3.05) is 5.73 Å². The van der Waals surface area contributed by atoms with Crippen LogP contribution in [-0.4, -0.2) is 10.8 Å². The fourth-order valence-corrected chi connectivity index (χ4v) is 2.92. The lowest BCUT2D eigenvalue weighted by Gasteiger charge is -2.03. The van der Waals surface area contributed by atoms with E-state index in [2.05, 4.69) is 4.98 Å². The molecule has 0 amide bonds. The maximum atomic E-state index is 12.9. The van der Waals surface area contributed by atoms with Gasteiger partial charge in [0.2, 0.25) is 5.78 Å². The Bertz CT molecular complexity index is 829. The number of ketones is 1. The number of carbonyl (C=O) groups is 1. The van der Waals surface area contributed by atoms with Gasteiger partial charge in [0.1, 0.15) is 10.6 Å². The van der Waals surface area contributed by atoms with Crippen LogP contribution in [0.4, 0.5) is 13.9 Å². The summed E-state index contributed by atoms with van der Waals surface area (Å²) in [5.41, 5.74) is 5.25. The van der Waals surface area contributed by atoms with Crippen LogP contribution in [0.3, 0.4) is 0 Å². The Labute approximate surface area is 123 Å². The molecule has 0 aliphatic rings. The van der Waals surface area contributed by atoms with E-state index < -0.39 is 17.9 Å². The second-order valence-corrected chi connectivity index (χ2v) is 5.49. The fourth-order valence-electron chi connectivity index (χ4n) is 2.12. The van der Waals surface area contributed by atoms with Gasteiger partial charge in [-0.15, -0.1) is 0 Å². The summed E-state index contributed by atoms with van der Waals surface area (Å²) in [5.74, 6) is -0.481. The van der Waals surface area contributed by atoms with Crippen molar-refractivity contribution in [2.45, 2.75) is 6.43 Å². The van der Waals surface area contributed by atoms with Gasteiger partial charge in [-0.1, -0.05) is 47.7 Å². The standard InChI is InChI=1S/C15H10F2N2OS/c16-14(17)11-13(21-15(18)19-11)12(20)10-6-5-8-3-1-2-4-9(8)7-10/h1-7,14H,(H2,18,19). The Morgan fingerprint density at radius 1 is 1.14 bits per heavy atom. The van der Waals surface area contributed by atoms with Crippen molar-refractivity contribution in [3.05, 3.63) is 58.6 Å². The van der Waals surface area contributed by atoms with E-state index in [1.165, 1.54) is 0 Å². The van der Waals surface area contributed by atoms with Crippen molar-refractivity contribution >= 4 is 33.0 Å². The third kappa shape index (κ3) is 2.50. The molecular weight excluding hydrogens is 294 g/mol. The van der Waals surface area contributed by atoms with Crippen molar-refractivity contribution in [3.63, 3.8) is 0 Å². The summed E-state index contributed by atoms with van der Waals surface area (Å²) in [7, 11) is 0. The molecule has 0 saturated heterocycles. The maximum Gasteiger partial charge on any atom is 0.282 e. The lowest BCUT2D eigenvalue weighted by molar-refractivity contribution is 0.102. The highest BCUT2D eigenvalue weighted by atomic mass is 32.1. The van der Waals surface area contributed by atoms with E-state index in [0.29, 0.717) is 5.56 Å². The summed E-state index contributed by atoms with van der Waals surface area (Å²) in [6.07, 6.45) is -2.82. The fraction of sp³-hybridized carbons (Fsp3) is 0.0667. The molecule has 0 aliphatic heterocycles. The Hall–Kier alpha value is -2.34. The zero-order valence-electron chi connectivity index (χ0n) is 10.7. The molecule has 0 radical (unpaired) electrons. The molecule has 2 aromatic carbocycles. The zero-order chi connectivity index (χ0) is 15.0. The summed E-state index contributed by atoms with van der Waals surface area (Å²) in [6.45, 7) is 0. The topological polar surface area (TPSA) is 56.0 Å². The lowest BCUT2D eigenvalue weighted by atomic mass is 10.0. The zero-order valence-corrected chi connectivity index (χ0v) is 11.5. The van der Waals surface area contributed by atoms with Gasteiger partial charge in [0, 0.05) is 5.56 Å². The molecule has 106 valence electrons. The normalized spacial score (nSPS) is 11.2. The SMILES string of the molecule is Nc1nc(C(F)F)c(C(=O)c2ccc3ccccc3c2)s1. The third-order valence-corrected chi connectivity index (χ3v) is 3.99. The molecule has 3 rings (SSSR count). The first kappa shape index (κ1) is 13.6. The molecule has 6 heteroatoms. The van der Waals surface area contributed by atoms with Crippen LogP contribution in [0.1, 0.15) is 27.4 Å². The monoisotopic (exact) mass is 304 g/mol. The van der Waals surface area contributed by atoms with Crippen LogP contribution < -0.4 is 5.73 Å². The van der Waals surface area contributed by atoms with Gasteiger partial charge < -0.3 is 5.73 Å². The number of benzene rings is 2. The van der Waals surface area contributed by atoms with Crippen molar-refractivity contribution in [3.8, 4) is 0 Å². The van der Waals surface area contributed by atoms with Gasteiger partial charge in [0.25, 0.3) is 6.43 Å². The Morgan fingerprint density at radius 3 is 2.57 bits per heavy atom. The average molecular weight is 304 g/mol. The number of nitrogens with zero attached hydrogens (tertiary/aromatic N) is 1. The Kier molecular flexibility index (Phi) is 3.39. The number of nitrogen functional groups attached to an aromatic ring is 1. The first-order valence-corrected chi connectivity index (χ1v) is 6.96. The smallest absolute Gasteiger partial charge is 0.282 e. The highest BCUT2D eigenvalue weighted by Crippen LogP contribution is 2.31. The molecule has 0 fully saturated rings. The second-order valence-electron chi connectivity index (χ2n) is 4.46. The van der Waals surface area contributed by atoms with E-state index in [-0.39, 0.29) is 10.0 Å². The molecule has 3 aromatic rings. The summed E-state index contributed by atoms with van der Waals surface area (Å²) in [5, 5.41) is 1.82. The van der Waals surface area contributed by atoms with Gasteiger partial charge in [-0.3, -0.25) is 4.79 Å². The minimum absolute atomic E-state index is 0.0329. The summed E-state index contributed by atoms with van der Waals surface area (Å²) >= 11 is 0.788. The van der Waals surface area contributed by atoms with Gasteiger partial charge in [0.15, 0.2) is 5.13 Å². The van der Waals surface area contributed by atoms with E-state index in [9.17, 15) is 13.6 Å². The highest BCUT2D eigenvalue weighted by Gasteiger charge is 2.24. The van der Waals surface area contributed by atoms with Gasteiger partial charge >= 0.3 is 0 Å². The van der Waals surface area contributed by atoms with E-state index >= 15 is 0 Å². The number of carbonyl (C=O) groups excluding carboxylic acids is 1. The number of fused-ring (bicyclic) bond motifs is 1. The molecule has 1 heterocycles. The van der Waals surface area contributed by atoms with E-state index in [0.717, 1.165) is 22.1 Å². The van der Waals surface area contributed by atoms with Crippen LogP contribution in [-0.2, 0) is 0 Å². The molecule has 0 bridgehead atoms. The molecule has 21 heavy (non-hydrogen) atoms. The number of alkyl halides is 2. The van der Waals surface area contributed by atoms with Crippen LogP contribution in [0.25, 0.3) is 10.8 Å². The number of anilines is 1. The number of hydrogen-bond acceptors (Lipinski definition) is 4. The first-order valence-electron chi connectivity index (χ1n) is 6.14. The van der Waals surface area contributed by atoms with Crippen LogP contribution in [0, 0.1) is 0 Å². The summed E-state index contributed by atoms with van der Waals surface area (Å²) in [4.78, 5) is 15.9. The van der Waals surface area contributed by atoms with Crippen molar-refractivity contribution < 1.29 is 13.6 Å². The van der Waals surface area contributed by atoms with Crippen LogP contribution in [0.5, 0.6) is 0 Å². The number of nitrogens with two attached hydrogens (primary N) is 1. The van der Waals surface area contributed by atoms with Crippen molar-refractivity contribution in [1.82, 2.24) is 4.98 Å². The minimum atomic E-state index is -2.82. The van der Waals surface area contributed by atoms with E-state index in [4.69, 9.17) is 5.73 Å². The van der Waals surface area contributed by atoms with Gasteiger partial charge in [0.05, 0.1) is 0 Å². The molecular formula is C15H10F2N2OS. The molecule has 0 atom stereocenters. The number of rotatable bonds is 3. The quantitative estimate of drug-likeness (QED) is 0.743. The van der Waals surface area contributed by atoms with Gasteiger partial charge in [-0.05, 0) is 16.8 Å². The number of halogens is 2. The number of hydrogen-bond donors (Lipinski definition) is 1. The van der Waals surface area contributed by atoms with Crippen LogP contribution in [0.15, 0.2) is 42.5 Å². The Morgan fingerprint density at radius 2 is 1.86 bits per heavy atom. The molecule has 1 aromatic heterocycles. The highest BCUT2D eigenvalue weighted by molar-refractivity contribution is 7.17. The largest absolute Gasteiger partial charge is 0.375 e. The summed E-state index contributed by atoms with van der Waals surface area (Å²) in [6, 6.07) is 12.6. The average Bonchev–Trinajstić information content (AvgIpc) is 2.88. The third-order valence-electron chi connectivity index (χ3n) is 3.09. The predicted octanol–water partition coefficient (Wildman–Crippen LogP) is 4.05. The van der Waals surface area contributed by atoms with Gasteiger partial charge in [-0.2, -0.15) is 0 Å². The molecule has 2 N–H and O–H groups in total. The molecule has 0 saturated carbocycles. The van der Waals surface area contributed by atoms with E-state index in [1.54, 1.807) is 18.2 Å². The van der Waals surface area contributed by atoms with E-state index in [1.807, 2.05) is 24.3 Å².